The van der Waals surface area contributed by atoms with Gasteiger partial charge in [-0.3, -0.25) is 4.79 Å². The molecule has 1 unspecified atom stereocenters. The molecule has 0 aliphatic rings. The van der Waals surface area contributed by atoms with Crippen LogP contribution in [-0.2, 0) is 4.79 Å². The lowest BCUT2D eigenvalue weighted by atomic mass is 10.3. The largest absolute Gasteiger partial charge is 0.358 e. The zero-order chi connectivity index (χ0) is 13.8. The van der Waals surface area contributed by atoms with E-state index in [0.29, 0.717) is 23.3 Å². The zero-order valence-electron chi connectivity index (χ0n) is 10.7. The van der Waals surface area contributed by atoms with Gasteiger partial charge in [0, 0.05) is 12.6 Å². The minimum atomic E-state index is -0.405. The molecule has 0 radical (unpaired) electrons. The van der Waals surface area contributed by atoms with E-state index in [9.17, 15) is 4.79 Å². The van der Waals surface area contributed by atoms with Crippen LogP contribution in [0.1, 0.15) is 20.3 Å². The first-order valence-corrected chi connectivity index (χ1v) is 6.40. The second kappa shape index (κ2) is 5.83. The van der Waals surface area contributed by atoms with Crippen molar-refractivity contribution in [3.8, 4) is 0 Å². The van der Waals surface area contributed by atoms with Crippen LogP contribution < -0.4 is 10.6 Å². The van der Waals surface area contributed by atoms with E-state index >= 15 is 0 Å². The molecule has 1 amide bonds. The van der Waals surface area contributed by atoms with Gasteiger partial charge in [0.2, 0.25) is 5.91 Å². The van der Waals surface area contributed by atoms with Gasteiger partial charge in [-0.05, 0) is 13.3 Å². The summed E-state index contributed by atoms with van der Waals surface area (Å²) in [4.78, 5) is 19.8. The number of halogens is 1. The van der Waals surface area contributed by atoms with Crippen LogP contribution in [-0.4, -0.2) is 38.1 Å². The maximum Gasteiger partial charge on any atom is 0.255 e. The molecule has 0 fully saturated rings. The summed E-state index contributed by atoms with van der Waals surface area (Å²) in [7, 11) is 0. The molecule has 0 saturated heterocycles. The van der Waals surface area contributed by atoms with Crippen molar-refractivity contribution < 1.29 is 4.79 Å². The van der Waals surface area contributed by atoms with Gasteiger partial charge in [-0.15, -0.1) is 0 Å². The Morgan fingerprint density at radius 2 is 2.37 bits per heavy atom. The van der Waals surface area contributed by atoms with Gasteiger partial charge in [-0.1, -0.05) is 18.5 Å². The molecule has 2 aromatic rings. The van der Waals surface area contributed by atoms with Crippen molar-refractivity contribution in [3.05, 3.63) is 17.5 Å². The molecule has 2 aromatic heterocycles. The van der Waals surface area contributed by atoms with E-state index < -0.39 is 6.04 Å². The highest BCUT2D eigenvalue weighted by Crippen LogP contribution is 2.15. The summed E-state index contributed by atoms with van der Waals surface area (Å²) in [6, 6.07) is 1.20. The monoisotopic (exact) mass is 282 g/mol. The Labute approximate surface area is 115 Å². The molecule has 2 rings (SSSR count). The third kappa shape index (κ3) is 3.11. The number of hydrogen-bond acceptors (Lipinski definition) is 5. The molecule has 19 heavy (non-hydrogen) atoms. The Balaban J connectivity index is 2.16. The molecular formula is C11H15ClN6O. The number of rotatable bonds is 5. The van der Waals surface area contributed by atoms with Gasteiger partial charge in [0.25, 0.3) is 5.78 Å². The molecule has 0 aromatic carbocycles. The quantitative estimate of drug-likeness (QED) is 0.803. The van der Waals surface area contributed by atoms with Gasteiger partial charge in [0.1, 0.15) is 23.3 Å². The molecule has 0 saturated carbocycles. The third-order valence-corrected chi connectivity index (χ3v) is 2.72. The average Bonchev–Trinajstić information content (AvgIpc) is 2.83. The Bertz CT molecular complexity index is 584. The number of amides is 1. The molecule has 1 atom stereocenters. The molecule has 0 aliphatic heterocycles. The standard InChI is InChI=1S/C11H15ClN6O/c1-3-4-13-10(19)7(2)16-9-5-8(12)17-11-14-6-15-18(9)11/h5-7,16H,3-4H2,1-2H3,(H,13,19). The number of fused-ring (bicyclic) bond motifs is 1. The van der Waals surface area contributed by atoms with Crippen LogP contribution in [0.4, 0.5) is 5.82 Å². The van der Waals surface area contributed by atoms with E-state index in [1.165, 1.54) is 10.8 Å². The molecule has 2 N–H and O–H groups in total. The Morgan fingerprint density at radius 3 is 3.11 bits per heavy atom. The fraction of sp³-hybridized carbons (Fsp3) is 0.455. The third-order valence-electron chi connectivity index (χ3n) is 2.53. The smallest absolute Gasteiger partial charge is 0.255 e. The molecular weight excluding hydrogens is 268 g/mol. The molecule has 0 bridgehead atoms. The summed E-state index contributed by atoms with van der Waals surface area (Å²) in [6.45, 7) is 4.42. The number of hydrogen-bond donors (Lipinski definition) is 2. The van der Waals surface area contributed by atoms with Gasteiger partial charge in [-0.2, -0.15) is 19.6 Å². The zero-order valence-corrected chi connectivity index (χ0v) is 11.5. The normalized spacial score (nSPS) is 12.4. The van der Waals surface area contributed by atoms with Crippen LogP contribution in [0.5, 0.6) is 0 Å². The molecule has 8 heteroatoms. The lowest BCUT2D eigenvalue weighted by molar-refractivity contribution is -0.121. The molecule has 2 heterocycles. The van der Waals surface area contributed by atoms with Gasteiger partial charge in [-0.25, -0.2) is 0 Å². The van der Waals surface area contributed by atoms with E-state index in [1.54, 1.807) is 13.0 Å². The van der Waals surface area contributed by atoms with Crippen LogP contribution in [0.2, 0.25) is 5.15 Å². The van der Waals surface area contributed by atoms with Crippen LogP contribution in [0, 0.1) is 0 Å². The minimum Gasteiger partial charge on any atom is -0.358 e. The summed E-state index contributed by atoms with van der Waals surface area (Å²) >= 11 is 5.89. The number of anilines is 1. The molecule has 0 spiro atoms. The summed E-state index contributed by atoms with van der Waals surface area (Å²) in [5.41, 5.74) is 0. The summed E-state index contributed by atoms with van der Waals surface area (Å²) < 4.78 is 1.50. The van der Waals surface area contributed by atoms with E-state index in [2.05, 4.69) is 25.7 Å². The molecule has 7 nitrogen and oxygen atoms in total. The van der Waals surface area contributed by atoms with Crippen LogP contribution in [0.3, 0.4) is 0 Å². The number of carbonyl (C=O) groups excluding carboxylic acids is 1. The second-order valence-electron chi connectivity index (χ2n) is 4.09. The predicted molar refractivity (Wildman–Crippen MR) is 72.2 cm³/mol. The Hall–Kier alpha value is -1.89. The highest BCUT2D eigenvalue weighted by atomic mass is 35.5. The van der Waals surface area contributed by atoms with Crippen molar-refractivity contribution in [3.63, 3.8) is 0 Å². The highest BCUT2D eigenvalue weighted by Gasteiger charge is 2.14. The van der Waals surface area contributed by atoms with Gasteiger partial charge in [0.05, 0.1) is 0 Å². The van der Waals surface area contributed by atoms with E-state index in [1.807, 2.05) is 6.92 Å². The number of carbonyl (C=O) groups is 1. The second-order valence-corrected chi connectivity index (χ2v) is 4.48. The first kappa shape index (κ1) is 13.5. The van der Waals surface area contributed by atoms with Crippen molar-refractivity contribution in [1.82, 2.24) is 24.9 Å². The first-order valence-electron chi connectivity index (χ1n) is 6.02. The maximum absolute atomic E-state index is 11.8. The summed E-state index contributed by atoms with van der Waals surface area (Å²) in [5.74, 6) is 0.880. The van der Waals surface area contributed by atoms with Crippen molar-refractivity contribution in [1.29, 1.82) is 0 Å². The van der Waals surface area contributed by atoms with Gasteiger partial charge < -0.3 is 10.6 Å². The minimum absolute atomic E-state index is 0.0805. The number of nitrogens with one attached hydrogen (secondary N) is 2. The molecule has 102 valence electrons. The van der Waals surface area contributed by atoms with Gasteiger partial charge >= 0.3 is 0 Å². The number of aromatic nitrogens is 4. The average molecular weight is 283 g/mol. The van der Waals surface area contributed by atoms with E-state index in [0.717, 1.165) is 6.42 Å². The van der Waals surface area contributed by atoms with E-state index in [4.69, 9.17) is 11.6 Å². The fourth-order valence-electron chi connectivity index (χ4n) is 1.57. The van der Waals surface area contributed by atoms with Crippen LogP contribution >= 0.6 is 11.6 Å². The summed E-state index contributed by atoms with van der Waals surface area (Å²) in [6.07, 6.45) is 2.28. The topological polar surface area (TPSA) is 84.2 Å². The Morgan fingerprint density at radius 1 is 1.58 bits per heavy atom. The van der Waals surface area contributed by atoms with Crippen molar-refractivity contribution in [2.45, 2.75) is 26.3 Å². The molecule has 0 aliphatic carbocycles. The Kier molecular flexibility index (Phi) is 4.16. The lowest BCUT2D eigenvalue weighted by Crippen LogP contribution is -2.38. The van der Waals surface area contributed by atoms with Crippen molar-refractivity contribution in [2.75, 3.05) is 11.9 Å². The van der Waals surface area contributed by atoms with Crippen LogP contribution in [0.15, 0.2) is 12.4 Å². The maximum atomic E-state index is 11.8. The van der Waals surface area contributed by atoms with E-state index in [-0.39, 0.29) is 5.91 Å². The van der Waals surface area contributed by atoms with Crippen LogP contribution in [0.25, 0.3) is 5.78 Å². The van der Waals surface area contributed by atoms with Crippen molar-refractivity contribution >= 4 is 29.1 Å². The first-order chi connectivity index (χ1) is 9.11. The fourth-order valence-corrected chi connectivity index (χ4v) is 1.75. The lowest BCUT2D eigenvalue weighted by Gasteiger charge is -2.15. The van der Waals surface area contributed by atoms with Gasteiger partial charge in [0.15, 0.2) is 0 Å². The SMILES string of the molecule is CCCNC(=O)C(C)Nc1cc(Cl)nc2ncnn12. The van der Waals surface area contributed by atoms with Crippen molar-refractivity contribution in [2.24, 2.45) is 0 Å². The number of nitrogens with zero attached hydrogens (tertiary/aromatic N) is 4. The summed E-state index contributed by atoms with van der Waals surface area (Å²) in [5, 5.41) is 10.2. The predicted octanol–water partition coefficient (Wildman–Crippen LogP) is 1.10. The highest BCUT2D eigenvalue weighted by molar-refractivity contribution is 6.29.